The maximum atomic E-state index is 12.3. The Bertz CT molecular complexity index is 411. The highest BCUT2D eigenvalue weighted by atomic mass is 16.4. The third kappa shape index (κ3) is 4.42. The molecule has 0 spiro atoms. The summed E-state index contributed by atoms with van der Waals surface area (Å²) in [4.78, 5) is 23.1. The first-order valence-electron chi connectivity index (χ1n) is 8.12. The van der Waals surface area contributed by atoms with Crippen molar-refractivity contribution in [1.29, 1.82) is 0 Å². The van der Waals surface area contributed by atoms with Crippen molar-refractivity contribution in [2.75, 3.05) is 0 Å². The Hall–Kier alpha value is -1.12. The van der Waals surface area contributed by atoms with Gasteiger partial charge in [0.25, 0.3) is 0 Å². The number of allylic oxidation sites excluding steroid dienone is 2. The number of rotatable bonds is 7. The number of carboxylic acids is 1. The van der Waals surface area contributed by atoms with E-state index in [1.165, 1.54) is 0 Å². The summed E-state index contributed by atoms with van der Waals surface area (Å²) in [6.07, 6.45) is 6.50. The monoisotopic (exact) mass is 294 g/mol. The van der Waals surface area contributed by atoms with Crippen LogP contribution in [0, 0.1) is 29.1 Å². The van der Waals surface area contributed by atoms with Crippen molar-refractivity contribution in [2.45, 2.75) is 60.3 Å². The van der Waals surface area contributed by atoms with Crippen LogP contribution in [0.1, 0.15) is 60.3 Å². The van der Waals surface area contributed by atoms with Gasteiger partial charge in [0.1, 0.15) is 5.78 Å². The van der Waals surface area contributed by atoms with Gasteiger partial charge in [0.05, 0.1) is 0 Å². The van der Waals surface area contributed by atoms with Gasteiger partial charge in [-0.2, -0.15) is 0 Å². The number of ketones is 1. The van der Waals surface area contributed by atoms with Crippen molar-refractivity contribution in [1.82, 2.24) is 0 Å². The van der Waals surface area contributed by atoms with E-state index in [2.05, 4.69) is 39.8 Å². The predicted octanol–water partition coefficient (Wildman–Crippen LogP) is 4.32. The van der Waals surface area contributed by atoms with E-state index in [1.54, 1.807) is 0 Å². The van der Waals surface area contributed by atoms with Crippen LogP contribution in [0.3, 0.4) is 0 Å². The van der Waals surface area contributed by atoms with E-state index in [9.17, 15) is 9.59 Å². The highest BCUT2D eigenvalue weighted by Gasteiger charge is 2.47. The second-order valence-electron chi connectivity index (χ2n) is 7.23. The molecule has 21 heavy (non-hydrogen) atoms. The van der Waals surface area contributed by atoms with Gasteiger partial charge in [0.2, 0.25) is 0 Å². The quantitative estimate of drug-likeness (QED) is 0.711. The molecule has 0 aromatic carbocycles. The van der Waals surface area contributed by atoms with E-state index in [0.717, 1.165) is 6.42 Å². The number of carboxylic acid groups (broad SMARTS) is 1. The van der Waals surface area contributed by atoms with Gasteiger partial charge in [0, 0.05) is 18.3 Å². The molecule has 0 amide bonds. The van der Waals surface area contributed by atoms with Gasteiger partial charge >= 0.3 is 5.97 Å². The smallest absolute Gasteiger partial charge is 0.303 e. The topological polar surface area (TPSA) is 54.4 Å². The van der Waals surface area contributed by atoms with Gasteiger partial charge < -0.3 is 5.11 Å². The first-order valence-corrected chi connectivity index (χ1v) is 8.12. The van der Waals surface area contributed by atoms with Gasteiger partial charge in [-0.1, -0.05) is 46.8 Å². The number of carbonyl (C=O) groups is 2. The summed E-state index contributed by atoms with van der Waals surface area (Å²) in [5, 5.41) is 8.91. The molecule has 0 aromatic rings. The number of Topliss-reactive ketones (excluding diaryl/α,β-unsaturated/α-hetero) is 1. The molecule has 0 aromatic heterocycles. The molecule has 0 heterocycles. The number of carbonyl (C=O) groups excluding carboxylic acids is 1. The van der Waals surface area contributed by atoms with E-state index in [1.807, 2.05) is 6.92 Å². The summed E-state index contributed by atoms with van der Waals surface area (Å²) in [5.41, 5.74) is -0.469. The van der Waals surface area contributed by atoms with Crippen molar-refractivity contribution in [3.8, 4) is 0 Å². The Labute approximate surface area is 128 Å². The molecule has 3 heteroatoms. The third-order valence-electron chi connectivity index (χ3n) is 5.40. The summed E-state index contributed by atoms with van der Waals surface area (Å²) < 4.78 is 0. The van der Waals surface area contributed by atoms with E-state index in [-0.39, 0.29) is 18.1 Å². The molecule has 0 aliphatic heterocycles. The van der Waals surface area contributed by atoms with Crippen molar-refractivity contribution in [3.05, 3.63) is 12.2 Å². The summed E-state index contributed by atoms with van der Waals surface area (Å²) >= 11 is 0. The van der Waals surface area contributed by atoms with Crippen LogP contribution in [-0.4, -0.2) is 16.9 Å². The summed E-state index contributed by atoms with van der Waals surface area (Å²) in [6, 6.07) is 0. The van der Waals surface area contributed by atoms with Crippen LogP contribution in [0.25, 0.3) is 0 Å². The number of hydrogen-bond acceptors (Lipinski definition) is 2. The van der Waals surface area contributed by atoms with E-state index < -0.39 is 11.4 Å². The zero-order valence-electron chi connectivity index (χ0n) is 14.1. The Morgan fingerprint density at radius 3 is 2.48 bits per heavy atom. The van der Waals surface area contributed by atoms with Crippen molar-refractivity contribution >= 4 is 11.8 Å². The minimum absolute atomic E-state index is 0.0809. The Morgan fingerprint density at radius 1 is 1.33 bits per heavy atom. The SMILES string of the molecule is CC(C)[C@@H](C)C=C[C@@H](C)[C@H]1CCC(=O)[C@]1(C)CCC(=O)O. The van der Waals surface area contributed by atoms with Crippen molar-refractivity contribution in [2.24, 2.45) is 29.1 Å². The number of hydrogen-bond donors (Lipinski definition) is 1. The molecule has 1 saturated carbocycles. The van der Waals surface area contributed by atoms with E-state index >= 15 is 0 Å². The molecule has 4 atom stereocenters. The summed E-state index contributed by atoms with van der Waals surface area (Å²) in [7, 11) is 0. The van der Waals surface area contributed by atoms with E-state index in [4.69, 9.17) is 5.11 Å². The molecular weight excluding hydrogens is 264 g/mol. The van der Waals surface area contributed by atoms with Crippen LogP contribution in [0.4, 0.5) is 0 Å². The first kappa shape index (κ1) is 17.9. The summed E-state index contributed by atoms with van der Waals surface area (Å²) in [5.74, 6) is 1.14. The maximum absolute atomic E-state index is 12.3. The largest absolute Gasteiger partial charge is 0.481 e. The Morgan fingerprint density at radius 2 is 1.95 bits per heavy atom. The van der Waals surface area contributed by atoms with Gasteiger partial charge in [0.15, 0.2) is 0 Å². The van der Waals surface area contributed by atoms with Crippen LogP contribution in [0.15, 0.2) is 12.2 Å². The lowest BCUT2D eigenvalue weighted by molar-refractivity contribution is -0.138. The normalized spacial score (nSPS) is 29.2. The van der Waals surface area contributed by atoms with Crippen molar-refractivity contribution in [3.63, 3.8) is 0 Å². The first-order chi connectivity index (χ1) is 9.68. The molecule has 0 saturated heterocycles. The molecule has 1 fully saturated rings. The molecule has 0 radical (unpaired) electrons. The van der Waals surface area contributed by atoms with Gasteiger partial charge in [-0.25, -0.2) is 0 Å². The van der Waals surface area contributed by atoms with Crippen LogP contribution >= 0.6 is 0 Å². The molecule has 1 rings (SSSR count). The molecule has 1 aliphatic rings. The fourth-order valence-corrected chi connectivity index (χ4v) is 3.34. The third-order valence-corrected chi connectivity index (χ3v) is 5.40. The predicted molar refractivity (Wildman–Crippen MR) is 85.0 cm³/mol. The fraction of sp³-hybridized carbons (Fsp3) is 0.778. The lowest BCUT2D eigenvalue weighted by Gasteiger charge is -2.33. The molecular formula is C18H30O3. The fourth-order valence-electron chi connectivity index (χ4n) is 3.34. The highest BCUT2D eigenvalue weighted by Crippen LogP contribution is 2.47. The molecule has 120 valence electrons. The average Bonchev–Trinajstić information content (AvgIpc) is 2.70. The van der Waals surface area contributed by atoms with Crippen LogP contribution in [0.5, 0.6) is 0 Å². The van der Waals surface area contributed by atoms with Crippen molar-refractivity contribution < 1.29 is 14.7 Å². The van der Waals surface area contributed by atoms with Gasteiger partial charge in [-0.05, 0) is 36.5 Å². The lowest BCUT2D eigenvalue weighted by atomic mass is 9.70. The lowest BCUT2D eigenvalue weighted by Crippen LogP contribution is -2.33. The molecule has 3 nitrogen and oxygen atoms in total. The van der Waals surface area contributed by atoms with Crippen LogP contribution in [-0.2, 0) is 9.59 Å². The summed E-state index contributed by atoms with van der Waals surface area (Å²) in [6.45, 7) is 10.7. The minimum atomic E-state index is -0.814. The van der Waals surface area contributed by atoms with Gasteiger partial charge in [-0.15, -0.1) is 0 Å². The second kappa shape index (κ2) is 7.24. The van der Waals surface area contributed by atoms with Crippen LogP contribution < -0.4 is 0 Å². The van der Waals surface area contributed by atoms with Gasteiger partial charge in [-0.3, -0.25) is 9.59 Å². The molecule has 1 aliphatic carbocycles. The molecule has 0 unspecified atom stereocenters. The maximum Gasteiger partial charge on any atom is 0.303 e. The van der Waals surface area contributed by atoms with E-state index in [0.29, 0.717) is 30.6 Å². The standard InChI is InChI=1S/C18H30O3/c1-12(2)13(3)6-7-14(4)15-8-9-16(19)18(15,5)11-10-17(20)21/h6-7,12-15H,8-11H2,1-5H3,(H,20,21)/t13-,14+,15+,18+/m0/s1. The zero-order chi connectivity index (χ0) is 16.2. The zero-order valence-corrected chi connectivity index (χ0v) is 14.1. The molecule has 0 bridgehead atoms. The Balaban J connectivity index is 2.79. The minimum Gasteiger partial charge on any atom is -0.481 e. The molecule has 1 N–H and O–H groups in total. The number of aliphatic carboxylic acids is 1. The second-order valence-corrected chi connectivity index (χ2v) is 7.23. The highest BCUT2D eigenvalue weighted by molar-refractivity contribution is 5.87. The average molecular weight is 294 g/mol. The Kier molecular flexibility index (Phi) is 6.18. The van der Waals surface area contributed by atoms with Crippen LogP contribution in [0.2, 0.25) is 0 Å².